The number of hydrazine groups is 1. The normalized spacial score (nSPS) is 28.9. The van der Waals surface area contributed by atoms with E-state index in [4.69, 9.17) is 15.2 Å². The molecule has 0 aliphatic carbocycles. The zero-order chi connectivity index (χ0) is 14.1. The summed E-state index contributed by atoms with van der Waals surface area (Å²) in [6.45, 7) is 1.21. The number of aliphatic carboxylic acids is 1. The molecule has 7 nitrogen and oxygen atoms in total. The average molecular weight is 279 g/mol. The molecule has 0 amide bonds. The quantitative estimate of drug-likeness (QED) is 0.593. The molecule has 2 aliphatic heterocycles. The van der Waals surface area contributed by atoms with E-state index in [1.165, 1.54) is 0 Å². The number of rotatable bonds is 2. The smallest absolute Gasteiger partial charge is 0.322 e. The van der Waals surface area contributed by atoms with Crippen molar-refractivity contribution in [1.82, 2.24) is 10.9 Å². The summed E-state index contributed by atoms with van der Waals surface area (Å²) in [7, 11) is 0. The lowest BCUT2D eigenvalue weighted by Crippen LogP contribution is -2.39. The number of nitrogens with one attached hydrogen (secondary N) is 2. The number of ether oxygens (including phenoxy) is 2. The topological polar surface area (TPSA) is 106 Å². The van der Waals surface area contributed by atoms with Gasteiger partial charge in [0.25, 0.3) is 0 Å². The SMILES string of the molecule is NC1NNC(C(=O)O)C1c1ccc2c(c1)OCCCO2. The Morgan fingerprint density at radius 2 is 2.00 bits per heavy atom. The second kappa shape index (κ2) is 5.28. The van der Waals surface area contributed by atoms with Gasteiger partial charge in [-0.1, -0.05) is 6.07 Å². The molecule has 20 heavy (non-hydrogen) atoms. The lowest BCUT2D eigenvalue weighted by molar-refractivity contribution is -0.139. The summed E-state index contributed by atoms with van der Waals surface area (Å²) in [5.74, 6) is 0.0149. The van der Waals surface area contributed by atoms with Crippen LogP contribution in [0.15, 0.2) is 18.2 Å². The molecule has 3 atom stereocenters. The predicted molar refractivity (Wildman–Crippen MR) is 70.5 cm³/mol. The van der Waals surface area contributed by atoms with Crippen molar-refractivity contribution in [1.29, 1.82) is 0 Å². The molecule has 0 bridgehead atoms. The lowest BCUT2D eigenvalue weighted by atomic mass is 9.90. The fourth-order valence-corrected chi connectivity index (χ4v) is 2.58. The highest BCUT2D eigenvalue weighted by atomic mass is 16.5. The van der Waals surface area contributed by atoms with E-state index in [9.17, 15) is 9.90 Å². The van der Waals surface area contributed by atoms with Gasteiger partial charge in [-0.05, 0) is 17.7 Å². The summed E-state index contributed by atoms with van der Waals surface area (Å²) in [6, 6.07) is 4.69. The van der Waals surface area contributed by atoms with Gasteiger partial charge in [0.2, 0.25) is 0 Å². The minimum atomic E-state index is -0.942. The van der Waals surface area contributed by atoms with Crippen LogP contribution in [-0.4, -0.2) is 36.5 Å². The third-order valence-electron chi connectivity index (χ3n) is 3.57. The van der Waals surface area contributed by atoms with E-state index in [0.29, 0.717) is 24.7 Å². The Hall–Kier alpha value is -1.83. The number of carboxylic acid groups (broad SMARTS) is 1. The van der Waals surface area contributed by atoms with Crippen molar-refractivity contribution in [3.63, 3.8) is 0 Å². The summed E-state index contributed by atoms with van der Waals surface area (Å²) in [4.78, 5) is 11.3. The molecule has 1 fully saturated rings. The summed E-state index contributed by atoms with van der Waals surface area (Å²) >= 11 is 0. The number of benzene rings is 1. The van der Waals surface area contributed by atoms with Crippen LogP contribution in [0.5, 0.6) is 11.5 Å². The van der Waals surface area contributed by atoms with Gasteiger partial charge < -0.3 is 20.3 Å². The molecule has 3 rings (SSSR count). The minimum Gasteiger partial charge on any atom is -0.490 e. The van der Waals surface area contributed by atoms with Crippen molar-refractivity contribution in [3.8, 4) is 11.5 Å². The van der Waals surface area contributed by atoms with Crippen LogP contribution in [0.1, 0.15) is 17.9 Å². The second-order valence-electron chi connectivity index (χ2n) is 4.91. The molecule has 3 unspecified atom stereocenters. The molecule has 0 spiro atoms. The highest BCUT2D eigenvalue weighted by Gasteiger charge is 2.39. The van der Waals surface area contributed by atoms with Gasteiger partial charge in [-0.3, -0.25) is 4.79 Å². The monoisotopic (exact) mass is 279 g/mol. The minimum absolute atomic E-state index is 0.371. The first-order valence-electron chi connectivity index (χ1n) is 6.56. The number of carbonyl (C=O) groups is 1. The Balaban J connectivity index is 1.93. The van der Waals surface area contributed by atoms with E-state index in [1.807, 2.05) is 12.1 Å². The highest BCUT2D eigenvalue weighted by molar-refractivity contribution is 5.75. The van der Waals surface area contributed by atoms with Crippen LogP contribution in [0.2, 0.25) is 0 Å². The van der Waals surface area contributed by atoms with Crippen molar-refractivity contribution in [3.05, 3.63) is 23.8 Å². The first kappa shape index (κ1) is 13.2. The Labute approximate surface area is 116 Å². The van der Waals surface area contributed by atoms with Crippen molar-refractivity contribution >= 4 is 5.97 Å². The summed E-state index contributed by atoms with van der Waals surface area (Å²) in [5, 5.41) is 9.23. The standard InChI is InChI=1S/C13H17N3O4/c14-12-10(11(13(17)18)15-16-12)7-2-3-8-9(6-7)20-5-1-4-19-8/h2-3,6,10-12,15-16H,1,4-5,14H2,(H,17,18). The number of carboxylic acids is 1. The van der Waals surface area contributed by atoms with Gasteiger partial charge in [0.15, 0.2) is 11.5 Å². The Kier molecular flexibility index (Phi) is 3.47. The fraction of sp³-hybridized carbons (Fsp3) is 0.462. The van der Waals surface area contributed by atoms with Crippen LogP contribution in [0, 0.1) is 0 Å². The molecule has 2 aliphatic rings. The maximum Gasteiger partial charge on any atom is 0.322 e. The first-order chi connectivity index (χ1) is 9.66. The van der Waals surface area contributed by atoms with Crippen LogP contribution in [0.3, 0.4) is 0 Å². The Morgan fingerprint density at radius 1 is 1.25 bits per heavy atom. The maximum atomic E-state index is 11.3. The third-order valence-corrected chi connectivity index (χ3v) is 3.57. The highest BCUT2D eigenvalue weighted by Crippen LogP contribution is 2.35. The van der Waals surface area contributed by atoms with Crippen molar-refractivity contribution in [2.45, 2.75) is 24.5 Å². The largest absolute Gasteiger partial charge is 0.490 e. The van der Waals surface area contributed by atoms with E-state index in [0.717, 1.165) is 12.0 Å². The van der Waals surface area contributed by atoms with Gasteiger partial charge >= 0.3 is 5.97 Å². The number of nitrogens with two attached hydrogens (primary N) is 1. The van der Waals surface area contributed by atoms with Crippen molar-refractivity contribution in [2.24, 2.45) is 5.73 Å². The van der Waals surface area contributed by atoms with Gasteiger partial charge in [0, 0.05) is 12.3 Å². The fourth-order valence-electron chi connectivity index (χ4n) is 2.58. The van der Waals surface area contributed by atoms with Crippen LogP contribution in [-0.2, 0) is 4.79 Å². The Bertz CT molecular complexity index is 522. The molecule has 108 valence electrons. The number of hydrogen-bond donors (Lipinski definition) is 4. The number of fused-ring (bicyclic) bond motifs is 1. The molecule has 1 aromatic carbocycles. The zero-order valence-electron chi connectivity index (χ0n) is 10.8. The Morgan fingerprint density at radius 3 is 2.75 bits per heavy atom. The molecule has 7 heteroatoms. The number of hydrogen-bond acceptors (Lipinski definition) is 6. The lowest BCUT2D eigenvalue weighted by Gasteiger charge is -2.19. The molecular formula is C13H17N3O4. The molecule has 0 saturated carbocycles. The van der Waals surface area contributed by atoms with Crippen LogP contribution >= 0.6 is 0 Å². The van der Waals surface area contributed by atoms with Crippen LogP contribution in [0.25, 0.3) is 0 Å². The van der Waals surface area contributed by atoms with Crippen LogP contribution in [0.4, 0.5) is 0 Å². The van der Waals surface area contributed by atoms with E-state index in [2.05, 4.69) is 10.9 Å². The summed E-state index contributed by atoms with van der Waals surface area (Å²) in [6.07, 6.45) is 0.356. The molecule has 0 radical (unpaired) electrons. The summed E-state index contributed by atoms with van der Waals surface area (Å²) < 4.78 is 11.2. The third kappa shape index (κ3) is 2.31. The zero-order valence-corrected chi connectivity index (χ0v) is 10.8. The first-order valence-corrected chi connectivity index (χ1v) is 6.56. The van der Waals surface area contributed by atoms with Gasteiger partial charge in [0.05, 0.1) is 19.4 Å². The molecule has 2 heterocycles. The van der Waals surface area contributed by atoms with E-state index in [1.54, 1.807) is 6.07 Å². The summed E-state index contributed by atoms with van der Waals surface area (Å²) in [5.41, 5.74) is 12.2. The van der Waals surface area contributed by atoms with Gasteiger partial charge in [-0.15, -0.1) is 0 Å². The second-order valence-corrected chi connectivity index (χ2v) is 4.91. The molecule has 1 saturated heterocycles. The van der Waals surface area contributed by atoms with Gasteiger partial charge in [-0.25, -0.2) is 10.9 Å². The van der Waals surface area contributed by atoms with Crippen LogP contribution < -0.4 is 26.1 Å². The average Bonchev–Trinajstić information content (AvgIpc) is 2.68. The van der Waals surface area contributed by atoms with E-state index >= 15 is 0 Å². The van der Waals surface area contributed by atoms with E-state index in [-0.39, 0.29) is 5.92 Å². The molecule has 5 N–H and O–H groups in total. The van der Waals surface area contributed by atoms with Gasteiger partial charge in [0.1, 0.15) is 6.04 Å². The molecular weight excluding hydrogens is 262 g/mol. The van der Waals surface area contributed by atoms with E-state index < -0.39 is 18.2 Å². The van der Waals surface area contributed by atoms with Gasteiger partial charge in [-0.2, -0.15) is 0 Å². The molecule has 0 aromatic heterocycles. The molecule has 1 aromatic rings. The van der Waals surface area contributed by atoms with Crippen molar-refractivity contribution < 1.29 is 19.4 Å². The van der Waals surface area contributed by atoms with Crippen molar-refractivity contribution in [2.75, 3.05) is 13.2 Å². The predicted octanol–water partition coefficient (Wildman–Crippen LogP) is -0.223. The maximum absolute atomic E-state index is 11.3.